The van der Waals surface area contributed by atoms with Gasteiger partial charge in [0.15, 0.2) is 0 Å². The number of benzene rings is 1. The van der Waals surface area contributed by atoms with Crippen molar-refractivity contribution in [3.8, 4) is 5.75 Å². The first-order valence-electron chi connectivity index (χ1n) is 7.32. The van der Waals surface area contributed by atoms with Crippen molar-refractivity contribution in [1.29, 1.82) is 0 Å². The standard InChI is InChI=1S/C17H23NOS/c1-3-10-18-17(13-16-9-6-11-20-16)14-7-5-8-15(12-14)19-4-2/h5-9,11-12,17-18H,3-4,10,13H2,1-2H3. The van der Waals surface area contributed by atoms with Crippen molar-refractivity contribution >= 4 is 11.3 Å². The van der Waals surface area contributed by atoms with Gasteiger partial charge in [0.2, 0.25) is 0 Å². The Labute approximate surface area is 125 Å². The van der Waals surface area contributed by atoms with E-state index in [-0.39, 0.29) is 0 Å². The van der Waals surface area contributed by atoms with E-state index in [1.807, 2.05) is 24.3 Å². The highest BCUT2D eigenvalue weighted by molar-refractivity contribution is 7.09. The molecule has 108 valence electrons. The first-order valence-corrected chi connectivity index (χ1v) is 8.20. The summed E-state index contributed by atoms with van der Waals surface area (Å²) >= 11 is 1.82. The monoisotopic (exact) mass is 289 g/mol. The fraction of sp³-hybridized carbons (Fsp3) is 0.412. The summed E-state index contributed by atoms with van der Waals surface area (Å²) < 4.78 is 5.61. The quantitative estimate of drug-likeness (QED) is 0.776. The highest BCUT2D eigenvalue weighted by atomic mass is 32.1. The molecule has 0 fully saturated rings. The topological polar surface area (TPSA) is 21.3 Å². The molecular weight excluding hydrogens is 266 g/mol. The second-order valence-corrected chi connectivity index (χ2v) is 5.83. The van der Waals surface area contributed by atoms with Gasteiger partial charge in [0, 0.05) is 17.3 Å². The van der Waals surface area contributed by atoms with Gasteiger partial charge >= 0.3 is 0 Å². The molecule has 1 atom stereocenters. The molecule has 2 aromatic rings. The summed E-state index contributed by atoms with van der Waals surface area (Å²) in [5, 5.41) is 5.79. The van der Waals surface area contributed by atoms with E-state index in [0.717, 1.165) is 25.1 Å². The zero-order chi connectivity index (χ0) is 14.2. The first kappa shape index (κ1) is 15.1. The lowest BCUT2D eigenvalue weighted by molar-refractivity contribution is 0.339. The van der Waals surface area contributed by atoms with E-state index < -0.39 is 0 Å². The minimum atomic E-state index is 0.356. The van der Waals surface area contributed by atoms with Gasteiger partial charge in [-0.1, -0.05) is 25.1 Å². The molecule has 1 N–H and O–H groups in total. The molecule has 0 saturated heterocycles. The molecule has 2 rings (SSSR count). The molecule has 0 spiro atoms. The van der Waals surface area contributed by atoms with Crippen molar-refractivity contribution in [2.75, 3.05) is 13.2 Å². The Morgan fingerprint density at radius 3 is 2.80 bits per heavy atom. The van der Waals surface area contributed by atoms with Gasteiger partial charge in [-0.2, -0.15) is 0 Å². The Kier molecular flexibility index (Phi) is 6.09. The van der Waals surface area contributed by atoms with Gasteiger partial charge in [0.1, 0.15) is 5.75 Å². The van der Waals surface area contributed by atoms with Crippen LogP contribution in [0.5, 0.6) is 5.75 Å². The largest absolute Gasteiger partial charge is 0.494 e. The predicted octanol–water partition coefficient (Wildman–Crippen LogP) is 4.43. The second-order valence-electron chi connectivity index (χ2n) is 4.80. The molecule has 0 aliphatic heterocycles. The number of rotatable bonds is 8. The van der Waals surface area contributed by atoms with E-state index in [1.165, 1.54) is 10.4 Å². The van der Waals surface area contributed by atoms with Crippen LogP contribution in [0.4, 0.5) is 0 Å². The van der Waals surface area contributed by atoms with Crippen LogP contribution in [0.3, 0.4) is 0 Å². The molecule has 0 bridgehead atoms. The molecule has 0 aliphatic rings. The summed E-state index contributed by atoms with van der Waals surface area (Å²) in [4.78, 5) is 1.42. The fourth-order valence-corrected chi connectivity index (χ4v) is 3.00. The number of hydrogen-bond acceptors (Lipinski definition) is 3. The second kappa shape index (κ2) is 8.08. The number of nitrogens with one attached hydrogen (secondary N) is 1. The highest BCUT2D eigenvalue weighted by Gasteiger charge is 2.13. The molecule has 0 aliphatic carbocycles. The summed E-state index contributed by atoms with van der Waals surface area (Å²) in [6, 6.07) is 13.1. The lowest BCUT2D eigenvalue weighted by Gasteiger charge is -2.19. The molecule has 0 amide bonds. The maximum Gasteiger partial charge on any atom is 0.119 e. The summed E-state index contributed by atoms with van der Waals surface area (Å²) in [7, 11) is 0. The molecule has 0 radical (unpaired) electrons. The number of ether oxygens (including phenoxy) is 1. The van der Waals surface area contributed by atoms with E-state index in [9.17, 15) is 0 Å². The Bertz CT molecular complexity index is 495. The Morgan fingerprint density at radius 2 is 2.10 bits per heavy atom. The summed E-state index contributed by atoms with van der Waals surface area (Å²) in [6.45, 7) is 5.97. The van der Waals surface area contributed by atoms with Crippen molar-refractivity contribution in [3.05, 3.63) is 52.2 Å². The lowest BCUT2D eigenvalue weighted by Crippen LogP contribution is -2.23. The van der Waals surface area contributed by atoms with Gasteiger partial charge in [-0.3, -0.25) is 0 Å². The number of hydrogen-bond donors (Lipinski definition) is 1. The van der Waals surface area contributed by atoms with Crippen LogP contribution in [0.15, 0.2) is 41.8 Å². The fourth-order valence-electron chi connectivity index (χ4n) is 2.24. The van der Waals surface area contributed by atoms with Crippen molar-refractivity contribution in [3.63, 3.8) is 0 Å². The van der Waals surface area contributed by atoms with Gasteiger partial charge in [-0.05, 0) is 49.0 Å². The van der Waals surface area contributed by atoms with Crippen molar-refractivity contribution in [1.82, 2.24) is 5.32 Å². The summed E-state index contributed by atoms with van der Waals surface area (Å²) in [5.41, 5.74) is 1.30. The van der Waals surface area contributed by atoms with E-state index in [1.54, 1.807) is 0 Å². The normalized spacial score (nSPS) is 12.3. The zero-order valence-corrected chi connectivity index (χ0v) is 13.1. The summed E-state index contributed by atoms with van der Waals surface area (Å²) in [5.74, 6) is 0.958. The SMILES string of the molecule is CCCNC(Cc1cccs1)c1cccc(OCC)c1. The average molecular weight is 289 g/mol. The van der Waals surface area contributed by atoms with Crippen LogP contribution in [0.25, 0.3) is 0 Å². The first-order chi connectivity index (χ1) is 9.83. The third-order valence-electron chi connectivity index (χ3n) is 3.20. The minimum absolute atomic E-state index is 0.356. The maximum absolute atomic E-state index is 5.61. The van der Waals surface area contributed by atoms with Crippen LogP contribution in [-0.2, 0) is 6.42 Å². The Morgan fingerprint density at radius 1 is 1.20 bits per heavy atom. The van der Waals surface area contributed by atoms with E-state index in [4.69, 9.17) is 4.74 Å². The van der Waals surface area contributed by atoms with Crippen molar-refractivity contribution in [2.24, 2.45) is 0 Å². The van der Waals surface area contributed by atoms with Crippen LogP contribution in [-0.4, -0.2) is 13.2 Å². The van der Waals surface area contributed by atoms with Crippen LogP contribution in [0.2, 0.25) is 0 Å². The van der Waals surface area contributed by atoms with Gasteiger partial charge in [-0.25, -0.2) is 0 Å². The van der Waals surface area contributed by atoms with Gasteiger partial charge in [0.25, 0.3) is 0 Å². The lowest BCUT2D eigenvalue weighted by atomic mass is 10.0. The highest BCUT2D eigenvalue weighted by Crippen LogP contribution is 2.24. The molecule has 20 heavy (non-hydrogen) atoms. The third-order valence-corrected chi connectivity index (χ3v) is 4.10. The van der Waals surface area contributed by atoms with E-state index >= 15 is 0 Å². The molecule has 0 saturated carbocycles. The van der Waals surface area contributed by atoms with Crippen LogP contribution in [0, 0.1) is 0 Å². The number of thiophene rings is 1. The molecular formula is C17H23NOS. The predicted molar refractivity (Wildman–Crippen MR) is 86.7 cm³/mol. The molecule has 1 aromatic heterocycles. The Hall–Kier alpha value is -1.32. The van der Waals surface area contributed by atoms with E-state index in [0.29, 0.717) is 12.6 Å². The van der Waals surface area contributed by atoms with Crippen LogP contribution < -0.4 is 10.1 Å². The van der Waals surface area contributed by atoms with Gasteiger partial charge in [-0.15, -0.1) is 11.3 Å². The van der Waals surface area contributed by atoms with Crippen molar-refractivity contribution < 1.29 is 4.74 Å². The third kappa shape index (κ3) is 4.36. The zero-order valence-electron chi connectivity index (χ0n) is 12.3. The van der Waals surface area contributed by atoms with Crippen LogP contribution >= 0.6 is 11.3 Å². The van der Waals surface area contributed by atoms with Gasteiger partial charge in [0.05, 0.1) is 6.61 Å². The Balaban J connectivity index is 2.14. The molecule has 1 aromatic carbocycles. The molecule has 3 heteroatoms. The van der Waals surface area contributed by atoms with Crippen LogP contribution in [0.1, 0.15) is 36.8 Å². The van der Waals surface area contributed by atoms with Crippen molar-refractivity contribution in [2.45, 2.75) is 32.7 Å². The average Bonchev–Trinajstić information content (AvgIpc) is 2.97. The summed E-state index contributed by atoms with van der Waals surface area (Å²) in [6.07, 6.45) is 2.18. The van der Waals surface area contributed by atoms with E-state index in [2.05, 4.69) is 48.0 Å². The smallest absolute Gasteiger partial charge is 0.119 e. The maximum atomic E-state index is 5.61. The minimum Gasteiger partial charge on any atom is -0.494 e. The van der Waals surface area contributed by atoms with Gasteiger partial charge < -0.3 is 10.1 Å². The molecule has 2 nitrogen and oxygen atoms in total. The molecule has 1 heterocycles. The molecule has 1 unspecified atom stereocenters.